The van der Waals surface area contributed by atoms with Crippen molar-refractivity contribution >= 4 is 23.4 Å². The highest BCUT2D eigenvalue weighted by Crippen LogP contribution is 2.24. The molecule has 150 valence electrons. The fourth-order valence-electron chi connectivity index (χ4n) is 3.18. The number of amides is 2. The number of benzene rings is 1. The molecule has 0 unspecified atom stereocenters. The quantitative estimate of drug-likeness (QED) is 0.792. The second-order valence-corrected chi connectivity index (χ2v) is 7.55. The maximum atomic E-state index is 12.7. The van der Waals surface area contributed by atoms with Gasteiger partial charge in [0.15, 0.2) is 5.69 Å². The molecule has 1 aliphatic rings. The molecule has 2 amide bonds. The maximum absolute atomic E-state index is 12.7. The predicted molar refractivity (Wildman–Crippen MR) is 107 cm³/mol. The van der Waals surface area contributed by atoms with Gasteiger partial charge in [-0.2, -0.15) is 0 Å². The van der Waals surface area contributed by atoms with Crippen LogP contribution in [0.1, 0.15) is 39.7 Å². The van der Waals surface area contributed by atoms with Crippen molar-refractivity contribution in [1.29, 1.82) is 0 Å². The summed E-state index contributed by atoms with van der Waals surface area (Å²) in [4.78, 5) is 28.6. The number of nitrogens with one attached hydrogen (secondary N) is 1. The van der Waals surface area contributed by atoms with Crippen LogP contribution in [0.4, 0.5) is 0 Å². The van der Waals surface area contributed by atoms with Crippen molar-refractivity contribution in [2.45, 2.75) is 18.9 Å². The van der Waals surface area contributed by atoms with E-state index in [1.807, 2.05) is 36.0 Å². The van der Waals surface area contributed by atoms with E-state index in [-0.39, 0.29) is 17.9 Å². The fraction of sp³-hybridized carbons (Fsp3) is 0.474. The Hall–Kier alpha value is -2.45. The molecular weight excluding hydrogens is 380 g/mol. The Bertz CT molecular complexity index is 829. The summed E-state index contributed by atoms with van der Waals surface area (Å²) < 4.78 is 1.73. The van der Waals surface area contributed by atoms with Crippen molar-refractivity contribution < 1.29 is 9.59 Å². The molecule has 0 aliphatic carbocycles. The van der Waals surface area contributed by atoms with Gasteiger partial charge < -0.3 is 15.1 Å². The number of likely N-dealkylation sites (N-methyl/N-ethyl adjacent to an activating group) is 1. The van der Waals surface area contributed by atoms with Crippen molar-refractivity contribution in [3.8, 4) is 0 Å². The van der Waals surface area contributed by atoms with E-state index in [0.717, 1.165) is 19.4 Å². The second-order valence-electron chi connectivity index (χ2n) is 7.15. The van der Waals surface area contributed by atoms with E-state index in [1.165, 1.54) is 0 Å². The molecule has 1 saturated heterocycles. The summed E-state index contributed by atoms with van der Waals surface area (Å²) in [7, 11) is 3.90. The third-order valence-electron chi connectivity index (χ3n) is 4.82. The van der Waals surface area contributed by atoms with E-state index < -0.39 is 0 Å². The summed E-state index contributed by atoms with van der Waals surface area (Å²) in [5, 5.41) is 11.4. The van der Waals surface area contributed by atoms with Gasteiger partial charge in [-0.15, -0.1) is 5.10 Å². The molecule has 1 fully saturated rings. The van der Waals surface area contributed by atoms with Crippen LogP contribution in [0.25, 0.3) is 0 Å². The van der Waals surface area contributed by atoms with Crippen molar-refractivity contribution in [3.63, 3.8) is 0 Å². The molecule has 2 aromatic rings. The zero-order chi connectivity index (χ0) is 20.1. The summed E-state index contributed by atoms with van der Waals surface area (Å²) in [5.41, 5.74) is 0.841. The Morgan fingerprint density at radius 3 is 2.64 bits per heavy atom. The smallest absolute Gasteiger partial charge is 0.273 e. The van der Waals surface area contributed by atoms with Crippen LogP contribution in [0.3, 0.4) is 0 Å². The van der Waals surface area contributed by atoms with E-state index in [0.29, 0.717) is 35.9 Å². The minimum atomic E-state index is -0.223. The first kappa shape index (κ1) is 20.3. The molecule has 0 saturated carbocycles. The van der Waals surface area contributed by atoms with E-state index >= 15 is 0 Å². The first-order valence-corrected chi connectivity index (χ1v) is 9.72. The molecule has 1 aromatic carbocycles. The van der Waals surface area contributed by atoms with Gasteiger partial charge >= 0.3 is 0 Å². The van der Waals surface area contributed by atoms with Crippen LogP contribution in [0.5, 0.6) is 0 Å². The number of likely N-dealkylation sites (tertiary alicyclic amines) is 1. The number of aromatic nitrogens is 3. The lowest BCUT2D eigenvalue weighted by Crippen LogP contribution is -2.39. The molecule has 0 radical (unpaired) electrons. The van der Waals surface area contributed by atoms with Gasteiger partial charge in [0.1, 0.15) is 0 Å². The summed E-state index contributed by atoms with van der Waals surface area (Å²) in [6, 6.07) is 7.21. The van der Waals surface area contributed by atoms with Crippen LogP contribution in [0, 0.1) is 0 Å². The fourth-order valence-corrected chi connectivity index (χ4v) is 3.40. The van der Waals surface area contributed by atoms with Crippen molar-refractivity contribution in [3.05, 3.63) is 46.7 Å². The lowest BCUT2D eigenvalue weighted by Gasteiger charge is -2.32. The molecule has 1 N–H and O–H groups in total. The predicted octanol–water partition coefficient (Wildman–Crippen LogP) is 1.70. The van der Waals surface area contributed by atoms with Crippen LogP contribution in [-0.4, -0.2) is 76.9 Å². The molecule has 3 rings (SSSR count). The Morgan fingerprint density at radius 2 is 1.96 bits per heavy atom. The Labute approximate surface area is 169 Å². The van der Waals surface area contributed by atoms with Crippen molar-refractivity contribution in [2.24, 2.45) is 0 Å². The highest BCUT2D eigenvalue weighted by Gasteiger charge is 2.26. The van der Waals surface area contributed by atoms with Crippen LogP contribution < -0.4 is 5.32 Å². The van der Waals surface area contributed by atoms with Gasteiger partial charge in [0.2, 0.25) is 0 Å². The van der Waals surface area contributed by atoms with Crippen LogP contribution in [-0.2, 0) is 0 Å². The summed E-state index contributed by atoms with van der Waals surface area (Å²) in [6.07, 6.45) is 3.18. The monoisotopic (exact) mass is 404 g/mol. The first-order valence-electron chi connectivity index (χ1n) is 9.34. The average Bonchev–Trinajstić information content (AvgIpc) is 3.18. The molecule has 28 heavy (non-hydrogen) atoms. The SMILES string of the molecule is CN(C)CCNC(=O)c1cn(C2CCN(C(=O)c3ccccc3Cl)CC2)nn1. The third-order valence-corrected chi connectivity index (χ3v) is 5.15. The van der Waals surface area contributed by atoms with Gasteiger partial charge in [0.25, 0.3) is 11.8 Å². The zero-order valence-electron chi connectivity index (χ0n) is 16.1. The number of rotatable bonds is 6. The number of carbonyl (C=O) groups excluding carboxylic acids is 2. The first-order chi connectivity index (χ1) is 13.5. The minimum absolute atomic E-state index is 0.0522. The third kappa shape index (κ3) is 4.88. The molecule has 8 nitrogen and oxygen atoms in total. The molecular formula is C19H25ClN6O2. The van der Waals surface area contributed by atoms with Gasteiger partial charge in [0, 0.05) is 26.2 Å². The summed E-state index contributed by atoms with van der Waals surface area (Å²) >= 11 is 6.14. The summed E-state index contributed by atoms with van der Waals surface area (Å²) in [5.74, 6) is -0.275. The minimum Gasteiger partial charge on any atom is -0.349 e. The van der Waals surface area contributed by atoms with E-state index in [4.69, 9.17) is 11.6 Å². The number of hydrogen-bond donors (Lipinski definition) is 1. The van der Waals surface area contributed by atoms with Gasteiger partial charge in [-0.3, -0.25) is 9.59 Å². The highest BCUT2D eigenvalue weighted by molar-refractivity contribution is 6.33. The lowest BCUT2D eigenvalue weighted by atomic mass is 10.0. The van der Waals surface area contributed by atoms with Gasteiger partial charge in [-0.1, -0.05) is 28.9 Å². The molecule has 1 aromatic heterocycles. The number of carbonyl (C=O) groups is 2. The molecule has 0 bridgehead atoms. The molecule has 2 heterocycles. The van der Waals surface area contributed by atoms with Crippen molar-refractivity contribution in [1.82, 2.24) is 30.1 Å². The van der Waals surface area contributed by atoms with E-state index in [9.17, 15) is 9.59 Å². The van der Waals surface area contributed by atoms with Crippen LogP contribution in [0.15, 0.2) is 30.5 Å². The Kier molecular flexibility index (Phi) is 6.64. The van der Waals surface area contributed by atoms with Crippen LogP contribution >= 0.6 is 11.6 Å². The summed E-state index contributed by atoms with van der Waals surface area (Å²) in [6.45, 7) is 2.54. The number of nitrogens with zero attached hydrogens (tertiary/aromatic N) is 5. The standard InChI is InChI=1S/C19H25ClN6O2/c1-24(2)12-9-21-18(27)17-13-26(23-22-17)14-7-10-25(11-8-14)19(28)15-5-3-4-6-16(15)20/h3-6,13-14H,7-12H2,1-2H3,(H,21,27). The molecule has 1 aliphatic heterocycles. The van der Waals surface area contributed by atoms with Crippen LogP contribution in [0.2, 0.25) is 5.02 Å². The normalized spacial score (nSPS) is 15.1. The number of piperidine rings is 1. The van der Waals surface area contributed by atoms with E-state index in [1.54, 1.807) is 23.0 Å². The van der Waals surface area contributed by atoms with E-state index in [2.05, 4.69) is 15.6 Å². The Morgan fingerprint density at radius 1 is 1.25 bits per heavy atom. The molecule has 0 atom stereocenters. The number of halogens is 1. The highest BCUT2D eigenvalue weighted by atomic mass is 35.5. The molecule has 9 heteroatoms. The zero-order valence-corrected chi connectivity index (χ0v) is 16.9. The molecule has 0 spiro atoms. The lowest BCUT2D eigenvalue weighted by molar-refractivity contribution is 0.0689. The van der Waals surface area contributed by atoms with Gasteiger partial charge in [-0.05, 0) is 39.1 Å². The topological polar surface area (TPSA) is 83.4 Å². The largest absolute Gasteiger partial charge is 0.349 e. The Balaban J connectivity index is 1.54. The maximum Gasteiger partial charge on any atom is 0.273 e. The average molecular weight is 405 g/mol. The van der Waals surface area contributed by atoms with Gasteiger partial charge in [-0.25, -0.2) is 4.68 Å². The van der Waals surface area contributed by atoms with Crippen molar-refractivity contribution in [2.75, 3.05) is 40.3 Å². The van der Waals surface area contributed by atoms with Gasteiger partial charge in [0.05, 0.1) is 22.8 Å². The second kappa shape index (κ2) is 9.16. The number of hydrogen-bond acceptors (Lipinski definition) is 5.